The molecule has 2 bridgehead atoms. The van der Waals surface area contributed by atoms with E-state index in [-0.39, 0.29) is 23.5 Å². The zero-order valence-corrected chi connectivity index (χ0v) is 23.2. The number of nitrogens with zero attached hydrogens (tertiary/aromatic N) is 1. The number of fused-ring (bicyclic) bond motifs is 5. The van der Waals surface area contributed by atoms with Crippen molar-refractivity contribution in [2.75, 3.05) is 11.9 Å². The van der Waals surface area contributed by atoms with E-state index in [1.807, 2.05) is 0 Å². The number of amides is 2. The summed E-state index contributed by atoms with van der Waals surface area (Å²) in [7, 11) is -5.78. The molecule has 1 saturated heterocycles. The van der Waals surface area contributed by atoms with Gasteiger partial charge in [-0.05, 0) is 99.6 Å². The molecule has 3 unspecified atom stereocenters. The first kappa shape index (κ1) is 28.3. The molecule has 3 atom stereocenters. The van der Waals surface area contributed by atoms with E-state index in [0.29, 0.717) is 30.6 Å². The fourth-order valence-electron chi connectivity index (χ4n) is 6.01. The van der Waals surface area contributed by atoms with Crippen LogP contribution in [0.4, 0.5) is 23.7 Å². The molecule has 1 aliphatic heterocycles. The number of halogens is 3. The van der Waals surface area contributed by atoms with Gasteiger partial charge >= 0.3 is 21.7 Å². The van der Waals surface area contributed by atoms with Crippen LogP contribution in [0.3, 0.4) is 0 Å². The number of hydrogen-bond acceptors (Lipinski definition) is 6. The minimum atomic E-state index is -5.78. The van der Waals surface area contributed by atoms with Crippen LogP contribution in [0.5, 0.6) is 5.75 Å². The molecule has 12 heteroatoms. The van der Waals surface area contributed by atoms with Gasteiger partial charge in [0.1, 0.15) is 17.4 Å². The lowest BCUT2D eigenvalue weighted by Gasteiger charge is -2.28. The van der Waals surface area contributed by atoms with Crippen LogP contribution in [0.15, 0.2) is 36.4 Å². The summed E-state index contributed by atoms with van der Waals surface area (Å²) in [5.74, 6) is -0.538. The van der Waals surface area contributed by atoms with Crippen LogP contribution in [0, 0.1) is 0 Å². The van der Waals surface area contributed by atoms with E-state index in [9.17, 15) is 31.2 Å². The summed E-state index contributed by atoms with van der Waals surface area (Å²) in [4.78, 5) is 27.0. The predicted molar refractivity (Wildman–Crippen MR) is 141 cm³/mol. The fourth-order valence-corrected chi connectivity index (χ4v) is 6.49. The van der Waals surface area contributed by atoms with Crippen LogP contribution in [-0.4, -0.2) is 49.0 Å². The van der Waals surface area contributed by atoms with Gasteiger partial charge in [-0.2, -0.15) is 21.6 Å². The van der Waals surface area contributed by atoms with Crippen molar-refractivity contribution in [3.63, 3.8) is 0 Å². The van der Waals surface area contributed by atoms with E-state index >= 15 is 0 Å². The smallest absolute Gasteiger partial charge is 0.444 e. The van der Waals surface area contributed by atoms with Crippen molar-refractivity contribution in [2.24, 2.45) is 0 Å². The fraction of sp³-hybridized carbons (Fsp3) is 0.500. The van der Waals surface area contributed by atoms with E-state index in [2.05, 4.69) is 9.50 Å². The number of likely N-dealkylation sites (tertiary alicyclic amines) is 1. The maximum Gasteiger partial charge on any atom is 0.534 e. The van der Waals surface area contributed by atoms with Gasteiger partial charge in [0.25, 0.3) is 0 Å². The lowest BCUT2D eigenvalue weighted by atomic mass is 9.85. The lowest BCUT2D eigenvalue weighted by molar-refractivity contribution is -0.120. The van der Waals surface area contributed by atoms with Crippen molar-refractivity contribution in [1.29, 1.82) is 0 Å². The second-order valence-corrected chi connectivity index (χ2v) is 13.1. The Bertz CT molecular complexity index is 1430. The Morgan fingerprint density at radius 1 is 0.950 bits per heavy atom. The zero-order chi connectivity index (χ0) is 29.0. The molecule has 0 radical (unpaired) electrons. The van der Waals surface area contributed by atoms with Crippen molar-refractivity contribution < 1.29 is 40.1 Å². The summed E-state index contributed by atoms with van der Waals surface area (Å²) in [5.41, 5.74) is -2.73. The first-order valence-corrected chi connectivity index (χ1v) is 14.6. The molecule has 40 heavy (non-hydrogen) atoms. The Morgan fingerprint density at radius 3 is 2.23 bits per heavy atom. The molecule has 1 N–H and O–H groups in total. The van der Waals surface area contributed by atoms with Crippen LogP contribution in [0.2, 0.25) is 0 Å². The average Bonchev–Trinajstić information content (AvgIpc) is 3.60. The highest BCUT2D eigenvalue weighted by Gasteiger charge is 2.50. The van der Waals surface area contributed by atoms with Crippen LogP contribution in [0.25, 0.3) is 11.1 Å². The molecule has 1 saturated carbocycles. The number of rotatable bonds is 5. The normalized spacial score (nSPS) is 22.2. The van der Waals surface area contributed by atoms with Gasteiger partial charge in [0.15, 0.2) is 0 Å². The van der Waals surface area contributed by atoms with Crippen LogP contribution < -0.4 is 9.50 Å². The monoisotopic (exact) mass is 580 g/mol. The molecule has 2 amide bonds. The van der Waals surface area contributed by atoms with E-state index < -0.39 is 33.4 Å². The molecule has 2 aliphatic carbocycles. The zero-order valence-electron chi connectivity index (χ0n) is 22.4. The second kappa shape index (κ2) is 9.97. The summed E-state index contributed by atoms with van der Waals surface area (Å²) < 4.78 is 72.4. The topological polar surface area (TPSA) is 102 Å². The number of carbonyl (C=O) groups is 2. The number of nitrogens with one attached hydrogen (secondary N) is 1. The molecule has 216 valence electrons. The molecular weight excluding hydrogens is 549 g/mol. The summed E-state index contributed by atoms with van der Waals surface area (Å²) in [6, 6.07) is 9.27. The Balaban J connectivity index is 1.35. The second-order valence-electron chi connectivity index (χ2n) is 11.5. The van der Waals surface area contributed by atoms with Gasteiger partial charge in [-0.15, -0.1) is 0 Å². The van der Waals surface area contributed by atoms with Gasteiger partial charge in [0.2, 0.25) is 5.91 Å². The molecule has 5 rings (SSSR count). The molecule has 2 aromatic carbocycles. The van der Waals surface area contributed by atoms with E-state index in [0.717, 1.165) is 36.0 Å². The van der Waals surface area contributed by atoms with Gasteiger partial charge in [0.05, 0.1) is 0 Å². The summed E-state index contributed by atoms with van der Waals surface area (Å²) in [6.45, 7) is 5.73. The van der Waals surface area contributed by atoms with Gasteiger partial charge in [-0.3, -0.25) is 9.69 Å². The SMILES string of the molecule is CC(C)(C)OC(=O)N1CCCC1C(=O)Nc1ccc(-c2ccc(OS(=O)(=O)C(F)(F)F)c3c2C2CCC3C2)cc1. The molecule has 2 fully saturated rings. The first-order chi connectivity index (χ1) is 18.6. The highest BCUT2D eigenvalue weighted by atomic mass is 32.2. The van der Waals surface area contributed by atoms with E-state index in [4.69, 9.17) is 4.74 Å². The van der Waals surface area contributed by atoms with Gasteiger partial charge in [-0.1, -0.05) is 18.2 Å². The third-order valence-corrected chi connectivity index (χ3v) is 8.59. The maximum absolute atomic E-state index is 13.0. The quantitative estimate of drug-likeness (QED) is 0.330. The molecule has 8 nitrogen and oxygen atoms in total. The van der Waals surface area contributed by atoms with Gasteiger partial charge in [-0.25, -0.2) is 4.79 Å². The Morgan fingerprint density at radius 2 is 1.60 bits per heavy atom. The maximum atomic E-state index is 13.0. The number of benzene rings is 2. The Kier molecular flexibility index (Phi) is 7.04. The standard InChI is InChI=1S/C28H31F3N2O6S/c1-27(2,3)38-26(35)33-14-4-5-21(33)25(34)32-19-10-8-16(9-11-19)20-12-13-22(39-40(36,37)28(29,30)31)24-18-7-6-17(15-18)23(20)24/h8-13,17-18,21H,4-7,14-15H2,1-3H3,(H,32,34). The molecule has 3 aliphatic rings. The van der Waals surface area contributed by atoms with E-state index in [1.165, 1.54) is 11.0 Å². The number of hydrogen-bond donors (Lipinski definition) is 1. The van der Waals surface area contributed by atoms with Gasteiger partial charge in [0, 0.05) is 17.8 Å². The van der Waals surface area contributed by atoms with Gasteiger partial charge < -0.3 is 14.2 Å². The van der Waals surface area contributed by atoms with E-state index in [1.54, 1.807) is 51.1 Å². The van der Waals surface area contributed by atoms with Crippen molar-refractivity contribution >= 4 is 27.8 Å². The minimum Gasteiger partial charge on any atom is -0.444 e. The number of carbonyl (C=O) groups excluding carboxylic acids is 2. The largest absolute Gasteiger partial charge is 0.534 e. The average molecular weight is 581 g/mol. The third kappa shape index (κ3) is 5.37. The summed E-state index contributed by atoms with van der Waals surface area (Å²) in [6.07, 6.45) is 3.04. The molecule has 1 heterocycles. The summed E-state index contributed by atoms with van der Waals surface area (Å²) in [5, 5.41) is 2.86. The van der Waals surface area contributed by atoms with Crippen LogP contribution in [-0.2, 0) is 19.6 Å². The van der Waals surface area contributed by atoms with Crippen molar-refractivity contribution in [2.45, 2.75) is 81.9 Å². The molecule has 2 aromatic rings. The van der Waals surface area contributed by atoms with Crippen LogP contribution >= 0.6 is 0 Å². The number of alkyl halides is 3. The minimum absolute atomic E-state index is 0.0590. The van der Waals surface area contributed by atoms with Crippen molar-refractivity contribution in [3.8, 4) is 16.9 Å². The molecular formula is C28H31F3N2O6S. The predicted octanol–water partition coefficient (Wildman–Crippen LogP) is 6.28. The molecule has 0 spiro atoms. The Hall–Kier alpha value is -3.28. The van der Waals surface area contributed by atoms with Crippen molar-refractivity contribution in [3.05, 3.63) is 47.5 Å². The summed E-state index contributed by atoms with van der Waals surface area (Å²) >= 11 is 0. The van der Waals surface area contributed by atoms with Crippen molar-refractivity contribution in [1.82, 2.24) is 4.90 Å². The first-order valence-electron chi connectivity index (χ1n) is 13.2. The van der Waals surface area contributed by atoms with Crippen LogP contribution in [0.1, 0.15) is 75.8 Å². The lowest BCUT2D eigenvalue weighted by Crippen LogP contribution is -2.45. The number of anilines is 1. The highest BCUT2D eigenvalue weighted by molar-refractivity contribution is 7.88. The highest BCUT2D eigenvalue weighted by Crippen LogP contribution is 2.58. The third-order valence-electron chi connectivity index (χ3n) is 7.63. The Labute approximate surface area is 231 Å². The number of ether oxygens (including phenoxy) is 1. The molecule has 0 aromatic heterocycles.